The summed E-state index contributed by atoms with van der Waals surface area (Å²) < 4.78 is 39.8. The third kappa shape index (κ3) is 4.41. The summed E-state index contributed by atoms with van der Waals surface area (Å²) in [5.41, 5.74) is 5.79. The summed E-state index contributed by atoms with van der Waals surface area (Å²) >= 11 is 0. The van der Waals surface area contributed by atoms with E-state index in [9.17, 15) is 12.8 Å². The SMILES string of the molecule is Cl.NCC1(NS(=O)(=O)Cc2ccc(F)cc2)CCCC1. The van der Waals surface area contributed by atoms with E-state index in [-0.39, 0.29) is 24.0 Å². The van der Waals surface area contributed by atoms with Crippen molar-refractivity contribution in [2.45, 2.75) is 37.0 Å². The van der Waals surface area contributed by atoms with E-state index in [1.165, 1.54) is 24.3 Å². The van der Waals surface area contributed by atoms with E-state index in [1.807, 2.05) is 0 Å². The Balaban J connectivity index is 0.00000200. The van der Waals surface area contributed by atoms with Crippen LogP contribution in [-0.4, -0.2) is 20.5 Å². The minimum atomic E-state index is -3.45. The second-order valence-electron chi connectivity index (χ2n) is 5.18. The molecule has 3 N–H and O–H groups in total. The van der Waals surface area contributed by atoms with Gasteiger partial charge in [0.25, 0.3) is 0 Å². The number of sulfonamides is 1. The number of hydrogen-bond donors (Lipinski definition) is 2. The topological polar surface area (TPSA) is 72.2 Å². The van der Waals surface area contributed by atoms with Crippen LogP contribution >= 0.6 is 12.4 Å². The quantitative estimate of drug-likeness (QED) is 0.870. The predicted octanol–water partition coefficient (Wildman–Crippen LogP) is 1.94. The lowest BCUT2D eigenvalue weighted by Gasteiger charge is -2.28. The Morgan fingerprint density at radius 1 is 1.20 bits per heavy atom. The first-order valence-electron chi connectivity index (χ1n) is 6.41. The first kappa shape index (κ1) is 17.4. The number of hydrogen-bond acceptors (Lipinski definition) is 3. The largest absolute Gasteiger partial charge is 0.329 e. The molecule has 0 spiro atoms. The van der Waals surface area contributed by atoms with Crippen LogP contribution in [-0.2, 0) is 15.8 Å². The van der Waals surface area contributed by atoms with E-state index in [4.69, 9.17) is 5.73 Å². The zero-order valence-electron chi connectivity index (χ0n) is 11.1. The first-order chi connectivity index (χ1) is 8.95. The van der Waals surface area contributed by atoms with Crippen LogP contribution in [0.1, 0.15) is 31.2 Å². The van der Waals surface area contributed by atoms with Crippen molar-refractivity contribution < 1.29 is 12.8 Å². The maximum absolute atomic E-state index is 12.8. The van der Waals surface area contributed by atoms with Gasteiger partial charge in [0.2, 0.25) is 10.0 Å². The van der Waals surface area contributed by atoms with Gasteiger partial charge < -0.3 is 5.73 Å². The number of nitrogens with two attached hydrogens (primary N) is 1. The molecule has 0 aromatic heterocycles. The van der Waals surface area contributed by atoms with E-state index in [1.54, 1.807) is 0 Å². The van der Waals surface area contributed by atoms with Gasteiger partial charge in [-0.05, 0) is 30.5 Å². The minimum absolute atomic E-state index is 0. The van der Waals surface area contributed by atoms with Gasteiger partial charge in [0.1, 0.15) is 5.82 Å². The average Bonchev–Trinajstić information content (AvgIpc) is 2.80. The molecule has 1 aromatic carbocycles. The molecule has 0 radical (unpaired) electrons. The summed E-state index contributed by atoms with van der Waals surface area (Å²) in [5.74, 6) is -0.516. The van der Waals surface area contributed by atoms with Gasteiger partial charge in [0.05, 0.1) is 5.75 Å². The van der Waals surface area contributed by atoms with Gasteiger partial charge in [-0.1, -0.05) is 25.0 Å². The van der Waals surface area contributed by atoms with Crippen molar-refractivity contribution >= 4 is 22.4 Å². The molecule has 4 nitrogen and oxygen atoms in total. The summed E-state index contributed by atoms with van der Waals surface area (Å²) in [6.07, 6.45) is 3.56. The minimum Gasteiger partial charge on any atom is -0.329 e. The molecule has 0 aliphatic heterocycles. The Kier molecular flexibility index (Phi) is 5.94. The highest BCUT2D eigenvalue weighted by atomic mass is 35.5. The number of benzene rings is 1. The van der Waals surface area contributed by atoms with Gasteiger partial charge in [-0.15, -0.1) is 12.4 Å². The van der Waals surface area contributed by atoms with Crippen molar-refractivity contribution in [2.24, 2.45) is 5.73 Å². The average molecular weight is 323 g/mol. The molecule has 1 aliphatic rings. The summed E-state index contributed by atoms with van der Waals surface area (Å²) in [6.45, 7) is 0.315. The van der Waals surface area contributed by atoms with Crippen molar-refractivity contribution in [1.82, 2.24) is 4.72 Å². The van der Waals surface area contributed by atoms with Crippen LogP contribution in [0.4, 0.5) is 4.39 Å². The second kappa shape index (κ2) is 6.85. The van der Waals surface area contributed by atoms with Gasteiger partial charge in [-0.2, -0.15) is 0 Å². The summed E-state index contributed by atoms with van der Waals surface area (Å²) in [7, 11) is -3.45. The lowest BCUT2D eigenvalue weighted by Crippen LogP contribution is -2.51. The van der Waals surface area contributed by atoms with Gasteiger partial charge >= 0.3 is 0 Å². The van der Waals surface area contributed by atoms with Gasteiger partial charge in [0, 0.05) is 12.1 Å². The maximum atomic E-state index is 12.8. The number of halogens is 2. The molecular formula is C13H20ClFN2O2S. The molecule has 0 saturated heterocycles. The fourth-order valence-electron chi connectivity index (χ4n) is 2.57. The molecule has 1 aromatic rings. The third-order valence-electron chi connectivity index (χ3n) is 3.59. The number of rotatable bonds is 5. The molecule has 1 aliphatic carbocycles. The zero-order chi connectivity index (χ0) is 13.9. The van der Waals surface area contributed by atoms with E-state index in [0.717, 1.165) is 25.7 Å². The standard InChI is InChI=1S/C13H19FN2O2S.ClH/c14-12-5-3-11(4-6-12)9-19(17,18)16-13(10-15)7-1-2-8-13;/h3-6,16H,1-2,7-10,15H2;1H. The van der Waals surface area contributed by atoms with Gasteiger partial charge in [0.15, 0.2) is 0 Å². The smallest absolute Gasteiger partial charge is 0.216 e. The van der Waals surface area contributed by atoms with Crippen molar-refractivity contribution in [3.05, 3.63) is 35.6 Å². The Bertz CT molecular complexity index is 528. The normalized spacial score (nSPS) is 17.7. The molecule has 7 heteroatoms. The molecule has 2 rings (SSSR count). The molecule has 20 heavy (non-hydrogen) atoms. The maximum Gasteiger partial charge on any atom is 0.216 e. The molecule has 0 atom stereocenters. The van der Waals surface area contributed by atoms with Crippen LogP contribution in [0.25, 0.3) is 0 Å². The van der Waals surface area contributed by atoms with Crippen molar-refractivity contribution in [3.63, 3.8) is 0 Å². The van der Waals surface area contributed by atoms with Crippen molar-refractivity contribution in [1.29, 1.82) is 0 Å². The Morgan fingerprint density at radius 2 is 1.75 bits per heavy atom. The van der Waals surface area contributed by atoms with Crippen LogP contribution in [0, 0.1) is 5.82 Å². The van der Waals surface area contributed by atoms with Crippen LogP contribution in [0.2, 0.25) is 0 Å². The summed E-state index contributed by atoms with van der Waals surface area (Å²) in [4.78, 5) is 0. The molecule has 0 unspecified atom stereocenters. The Labute approximate surface area is 125 Å². The molecule has 114 valence electrons. The highest BCUT2D eigenvalue weighted by Crippen LogP contribution is 2.29. The van der Waals surface area contributed by atoms with Crippen LogP contribution in [0.15, 0.2) is 24.3 Å². The fraction of sp³-hybridized carbons (Fsp3) is 0.538. The highest BCUT2D eigenvalue weighted by molar-refractivity contribution is 7.88. The number of nitrogens with one attached hydrogen (secondary N) is 1. The molecule has 0 amide bonds. The van der Waals surface area contributed by atoms with Gasteiger partial charge in [-0.25, -0.2) is 17.5 Å². The lowest BCUT2D eigenvalue weighted by atomic mass is 10.0. The Morgan fingerprint density at radius 3 is 2.25 bits per heavy atom. The molecule has 1 saturated carbocycles. The predicted molar refractivity (Wildman–Crippen MR) is 79.7 cm³/mol. The van der Waals surface area contributed by atoms with Crippen LogP contribution in [0.3, 0.4) is 0 Å². The fourth-order valence-corrected chi connectivity index (χ4v) is 4.22. The molecule has 0 bridgehead atoms. The molecule has 0 heterocycles. The first-order valence-corrected chi connectivity index (χ1v) is 8.06. The van der Waals surface area contributed by atoms with Gasteiger partial charge in [-0.3, -0.25) is 0 Å². The third-order valence-corrected chi connectivity index (χ3v) is 5.05. The monoisotopic (exact) mass is 322 g/mol. The van der Waals surface area contributed by atoms with Crippen molar-refractivity contribution in [2.75, 3.05) is 6.54 Å². The van der Waals surface area contributed by atoms with E-state index in [2.05, 4.69) is 4.72 Å². The summed E-state index contributed by atoms with van der Waals surface area (Å²) in [6, 6.07) is 5.49. The van der Waals surface area contributed by atoms with E-state index in [0.29, 0.717) is 12.1 Å². The van der Waals surface area contributed by atoms with Crippen molar-refractivity contribution in [3.8, 4) is 0 Å². The Hall–Kier alpha value is -0.690. The van der Waals surface area contributed by atoms with E-state index < -0.39 is 15.6 Å². The zero-order valence-corrected chi connectivity index (χ0v) is 12.8. The highest BCUT2D eigenvalue weighted by Gasteiger charge is 2.36. The van der Waals surface area contributed by atoms with Crippen LogP contribution < -0.4 is 10.5 Å². The summed E-state index contributed by atoms with van der Waals surface area (Å²) in [5, 5.41) is 0. The molecule has 1 fully saturated rings. The molecular weight excluding hydrogens is 303 g/mol. The second-order valence-corrected chi connectivity index (χ2v) is 6.90. The lowest BCUT2D eigenvalue weighted by molar-refractivity contribution is 0.399. The van der Waals surface area contributed by atoms with Crippen LogP contribution in [0.5, 0.6) is 0 Å². The van der Waals surface area contributed by atoms with E-state index >= 15 is 0 Å².